The lowest BCUT2D eigenvalue weighted by Gasteiger charge is -2.01. The summed E-state index contributed by atoms with van der Waals surface area (Å²) in [7, 11) is -2.08. The van der Waals surface area contributed by atoms with Crippen LogP contribution in [0.5, 0.6) is 0 Å². The average molecular weight is 263 g/mol. The summed E-state index contributed by atoms with van der Waals surface area (Å²) in [4.78, 5) is 11.7. The number of primary sulfonamides is 1. The summed E-state index contributed by atoms with van der Waals surface area (Å²) < 4.78 is 22.1. The zero-order chi connectivity index (χ0) is 12.2. The molecule has 0 atom stereocenters. The van der Waals surface area contributed by atoms with Crippen LogP contribution in [0, 0.1) is 0 Å². The zero-order valence-electron chi connectivity index (χ0n) is 8.69. The lowest BCUT2D eigenvalue weighted by atomic mass is 10.3. The first-order valence-electron chi connectivity index (χ1n) is 4.50. The van der Waals surface area contributed by atoms with Crippen LogP contribution in [0.3, 0.4) is 0 Å². The number of amides is 2. The van der Waals surface area contributed by atoms with E-state index in [-0.39, 0.29) is 10.2 Å². The van der Waals surface area contributed by atoms with Crippen molar-refractivity contribution in [2.45, 2.75) is 10.6 Å². The van der Waals surface area contributed by atoms with Crippen LogP contribution in [0.15, 0.2) is 16.3 Å². The van der Waals surface area contributed by atoms with Gasteiger partial charge in [-0.2, -0.15) is 0 Å². The van der Waals surface area contributed by atoms with Gasteiger partial charge in [0.2, 0.25) is 10.0 Å². The molecule has 4 N–H and O–H groups in total. The summed E-state index contributed by atoms with van der Waals surface area (Å²) in [6.45, 7) is 0.449. The van der Waals surface area contributed by atoms with E-state index in [9.17, 15) is 13.2 Å². The smallest absolute Gasteiger partial charge is 0.314 e. The molecule has 0 spiro atoms. The van der Waals surface area contributed by atoms with Gasteiger partial charge >= 0.3 is 6.03 Å². The number of nitrogens with two attached hydrogens (primary N) is 1. The van der Waals surface area contributed by atoms with Gasteiger partial charge in [-0.05, 0) is 18.6 Å². The summed E-state index contributed by atoms with van der Waals surface area (Å²) in [5.41, 5.74) is 0. The van der Waals surface area contributed by atoms with Crippen molar-refractivity contribution in [2.75, 3.05) is 13.6 Å². The standard InChI is InChI=1S/C8H13N3O3S2/c1-10-8(12)11-5-4-6-2-3-7(15-6)16(9,13)14/h2-3H,4-5H2,1H3,(H2,9,13,14)(H2,10,11,12). The highest BCUT2D eigenvalue weighted by Crippen LogP contribution is 2.20. The minimum Gasteiger partial charge on any atom is -0.341 e. The van der Waals surface area contributed by atoms with Crippen LogP contribution >= 0.6 is 11.3 Å². The van der Waals surface area contributed by atoms with Gasteiger partial charge in [-0.1, -0.05) is 0 Å². The highest BCUT2D eigenvalue weighted by atomic mass is 32.2. The second-order valence-corrected chi connectivity index (χ2v) is 5.98. The minimum absolute atomic E-state index is 0.141. The quantitative estimate of drug-likeness (QED) is 0.705. The number of rotatable bonds is 4. The van der Waals surface area contributed by atoms with Crippen LogP contribution in [-0.2, 0) is 16.4 Å². The number of carbonyl (C=O) groups excluding carboxylic acids is 1. The maximum absolute atomic E-state index is 11.0. The Morgan fingerprint density at radius 2 is 2.19 bits per heavy atom. The Morgan fingerprint density at radius 1 is 1.50 bits per heavy atom. The molecule has 16 heavy (non-hydrogen) atoms. The van der Waals surface area contributed by atoms with Crippen molar-refractivity contribution in [1.82, 2.24) is 10.6 Å². The Morgan fingerprint density at radius 3 is 2.69 bits per heavy atom. The number of hydrogen-bond donors (Lipinski definition) is 3. The van der Waals surface area contributed by atoms with E-state index in [2.05, 4.69) is 10.6 Å². The normalized spacial score (nSPS) is 11.1. The van der Waals surface area contributed by atoms with Gasteiger partial charge in [0.05, 0.1) is 0 Å². The van der Waals surface area contributed by atoms with Crippen molar-refractivity contribution in [2.24, 2.45) is 5.14 Å². The summed E-state index contributed by atoms with van der Waals surface area (Å²) in [5, 5.41) is 9.99. The monoisotopic (exact) mass is 263 g/mol. The van der Waals surface area contributed by atoms with Crippen molar-refractivity contribution in [3.8, 4) is 0 Å². The molecule has 0 saturated heterocycles. The number of thiophene rings is 1. The molecular formula is C8H13N3O3S2. The molecule has 0 aromatic carbocycles. The maximum Gasteiger partial charge on any atom is 0.314 e. The third-order valence-electron chi connectivity index (χ3n) is 1.80. The van der Waals surface area contributed by atoms with E-state index in [1.165, 1.54) is 13.1 Å². The van der Waals surface area contributed by atoms with Crippen LogP contribution in [-0.4, -0.2) is 28.0 Å². The minimum atomic E-state index is -3.61. The maximum atomic E-state index is 11.0. The Labute approximate surface area is 97.9 Å². The zero-order valence-corrected chi connectivity index (χ0v) is 10.3. The summed E-state index contributed by atoms with van der Waals surface area (Å²) in [5.74, 6) is 0. The summed E-state index contributed by atoms with van der Waals surface area (Å²) >= 11 is 1.11. The van der Waals surface area contributed by atoms with Gasteiger partial charge in [0.25, 0.3) is 0 Å². The Hall–Kier alpha value is -1.12. The Balaban J connectivity index is 2.51. The topological polar surface area (TPSA) is 101 Å². The van der Waals surface area contributed by atoms with Gasteiger partial charge in [0, 0.05) is 18.5 Å². The Bertz CT molecular complexity index is 467. The molecule has 0 aliphatic heterocycles. The molecule has 0 aliphatic rings. The van der Waals surface area contributed by atoms with Gasteiger partial charge in [0.1, 0.15) is 4.21 Å². The van der Waals surface area contributed by atoms with Crippen LogP contribution in [0.4, 0.5) is 4.79 Å². The van der Waals surface area contributed by atoms with E-state index in [1.807, 2.05) is 0 Å². The number of carbonyl (C=O) groups is 1. The van der Waals surface area contributed by atoms with Crippen LogP contribution in [0.1, 0.15) is 4.88 Å². The number of hydrogen-bond acceptors (Lipinski definition) is 4. The first kappa shape index (κ1) is 12.9. The van der Waals surface area contributed by atoms with Crippen LogP contribution < -0.4 is 15.8 Å². The van der Waals surface area contributed by atoms with E-state index in [0.29, 0.717) is 13.0 Å². The first-order valence-corrected chi connectivity index (χ1v) is 6.87. The molecule has 0 fully saturated rings. The molecule has 2 amide bonds. The molecule has 90 valence electrons. The molecule has 0 radical (unpaired) electrons. The highest BCUT2D eigenvalue weighted by molar-refractivity contribution is 7.91. The van der Waals surface area contributed by atoms with E-state index in [4.69, 9.17) is 5.14 Å². The molecular weight excluding hydrogens is 250 g/mol. The van der Waals surface area contributed by atoms with Gasteiger partial charge in [-0.15, -0.1) is 11.3 Å². The number of sulfonamides is 1. The number of urea groups is 1. The fourth-order valence-electron chi connectivity index (χ4n) is 1.03. The van der Waals surface area contributed by atoms with Gasteiger partial charge in [-0.25, -0.2) is 18.4 Å². The number of nitrogens with one attached hydrogen (secondary N) is 2. The second kappa shape index (κ2) is 5.28. The largest absolute Gasteiger partial charge is 0.341 e. The fraction of sp³-hybridized carbons (Fsp3) is 0.375. The fourth-order valence-corrected chi connectivity index (χ4v) is 2.81. The summed E-state index contributed by atoms with van der Waals surface area (Å²) in [6, 6.07) is 2.90. The van der Waals surface area contributed by atoms with E-state index in [0.717, 1.165) is 16.2 Å². The Kier molecular flexibility index (Phi) is 4.27. The van der Waals surface area contributed by atoms with Crippen molar-refractivity contribution in [3.63, 3.8) is 0 Å². The molecule has 8 heteroatoms. The van der Waals surface area contributed by atoms with Gasteiger partial charge in [0.15, 0.2) is 0 Å². The molecule has 1 rings (SSSR count). The SMILES string of the molecule is CNC(=O)NCCc1ccc(S(N)(=O)=O)s1. The van der Waals surface area contributed by atoms with E-state index < -0.39 is 10.0 Å². The average Bonchev–Trinajstić information content (AvgIpc) is 2.65. The second-order valence-electron chi connectivity index (χ2n) is 3.02. The lowest BCUT2D eigenvalue weighted by molar-refractivity contribution is 0.243. The van der Waals surface area contributed by atoms with Crippen LogP contribution in [0.25, 0.3) is 0 Å². The first-order chi connectivity index (χ1) is 7.43. The van der Waals surface area contributed by atoms with Crippen molar-refractivity contribution >= 4 is 27.4 Å². The third kappa shape index (κ3) is 3.80. The van der Waals surface area contributed by atoms with E-state index in [1.54, 1.807) is 6.07 Å². The van der Waals surface area contributed by atoms with Crippen molar-refractivity contribution in [3.05, 3.63) is 17.0 Å². The molecule has 0 bridgehead atoms. The molecule has 0 aliphatic carbocycles. The van der Waals surface area contributed by atoms with Crippen LogP contribution in [0.2, 0.25) is 0 Å². The molecule has 6 nitrogen and oxygen atoms in total. The predicted molar refractivity (Wildman–Crippen MR) is 61.9 cm³/mol. The molecule has 1 aromatic heterocycles. The molecule has 1 heterocycles. The van der Waals surface area contributed by atoms with E-state index >= 15 is 0 Å². The van der Waals surface area contributed by atoms with Gasteiger partial charge < -0.3 is 10.6 Å². The third-order valence-corrected chi connectivity index (χ3v) is 4.38. The lowest BCUT2D eigenvalue weighted by Crippen LogP contribution is -2.33. The molecule has 0 unspecified atom stereocenters. The van der Waals surface area contributed by atoms with Gasteiger partial charge in [-0.3, -0.25) is 0 Å². The van der Waals surface area contributed by atoms with Crippen molar-refractivity contribution in [1.29, 1.82) is 0 Å². The molecule has 1 aromatic rings. The predicted octanol–water partition coefficient (Wildman–Crippen LogP) is -0.133. The highest BCUT2D eigenvalue weighted by Gasteiger charge is 2.10. The van der Waals surface area contributed by atoms with Crippen molar-refractivity contribution < 1.29 is 13.2 Å². The summed E-state index contributed by atoms with van der Waals surface area (Å²) in [6.07, 6.45) is 0.577. The molecule has 0 saturated carbocycles.